The fourth-order valence-electron chi connectivity index (χ4n) is 2.78. The van der Waals surface area contributed by atoms with Gasteiger partial charge in [0.05, 0.1) is 6.10 Å². The maximum absolute atomic E-state index is 9.77. The summed E-state index contributed by atoms with van der Waals surface area (Å²) in [5.41, 5.74) is 1.45. The zero-order valence-corrected chi connectivity index (χ0v) is 10.0. The minimum absolute atomic E-state index is 0.0889. The average molecular weight is 232 g/mol. The Kier molecular flexibility index (Phi) is 2.70. The topological polar surface area (TPSA) is 20.2 Å². The Morgan fingerprint density at radius 1 is 1.19 bits per heavy atom. The Balaban J connectivity index is 2.01. The number of benzene rings is 1. The summed E-state index contributed by atoms with van der Waals surface area (Å²) in [7, 11) is 0. The van der Waals surface area contributed by atoms with Gasteiger partial charge >= 0.3 is 0 Å². The second-order valence-electron chi connectivity index (χ2n) is 4.70. The first kappa shape index (κ1) is 10.3. The highest BCUT2D eigenvalue weighted by Gasteiger charge is 2.23. The van der Waals surface area contributed by atoms with E-state index >= 15 is 0 Å². The first-order valence-electron chi connectivity index (χ1n) is 5.99. The van der Waals surface area contributed by atoms with Gasteiger partial charge in [-0.25, -0.2) is 0 Å². The molecule has 1 aliphatic rings. The maximum atomic E-state index is 9.77. The zero-order valence-electron chi connectivity index (χ0n) is 9.23. The molecule has 0 spiro atoms. The van der Waals surface area contributed by atoms with Gasteiger partial charge in [-0.1, -0.05) is 24.6 Å². The van der Waals surface area contributed by atoms with E-state index in [0.29, 0.717) is 5.92 Å². The predicted molar refractivity (Wildman–Crippen MR) is 69.0 cm³/mol. The van der Waals surface area contributed by atoms with E-state index in [1.165, 1.54) is 22.1 Å². The third kappa shape index (κ3) is 1.76. The van der Waals surface area contributed by atoms with Gasteiger partial charge in [0.25, 0.3) is 0 Å². The highest BCUT2D eigenvalue weighted by molar-refractivity contribution is 7.17. The summed E-state index contributed by atoms with van der Waals surface area (Å²) < 4.78 is 1.42. The normalized spacial score (nSPS) is 26.1. The van der Waals surface area contributed by atoms with Crippen LogP contribution in [0.1, 0.15) is 37.2 Å². The van der Waals surface area contributed by atoms with Crippen LogP contribution in [0.2, 0.25) is 0 Å². The lowest BCUT2D eigenvalue weighted by Crippen LogP contribution is -2.18. The van der Waals surface area contributed by atoms with Crippen molar-refractivity contribution in [3.63, 3.8) is 0 Å². The molecule has 0 aliphatic heterocycles. The van der Waals surface area contributed by atoms with Crippen LogP contribution in [0.3, 0.4) is 0 Å². The van der Waals surface area contributed by atoms with Crippen LogP contribution < -0.4 is 0 Å². The van der Waals surface area contributed by atoms with Crippen molar-refractivity contribution < 1.29 is 5.11 Å². The van der Waals surface area contributed by atoms with Gasteiger partial charge in [-0.3, -0.25) is 0 Å². The van der Waals surface area contributed by atoms with Gasteiger partial charge in [-0.2, -0.15) is 0 Å². The standard InChI is InChI=1S/C14H16OS/c15-12-5-1-4-11(9-12)13-6-2-3-10-7-8-16-14(10)13/h2-3,6-8,11-12,15H,1,4-5,9H2. The molecule has 1 aliphatic carbocycles. The Hall–Kier alpha value is -0.860. The molecule has 1 heterocycles. The molecule has 1 N–H and O–H groups in total. The smallest absolute Gasteiger partial charge is 0.0546 e. The molecule has 2 aromatic rings. The summed E-state index contributed by atoms with van der Waals surface area (Å²) in [5, 5.41) is 13.3. The van der Waals surface area contributed by atoms with Crippen molar-refractivity contribution >= 4 is 21.4 Å². The number of hydrogen-bond acceptors (Lipinski definition) is 2. The van der Waals surface area contributed by atoms with Crippen LogP contribution in [0.4, 0.5) is 0 Å². The number of thiophene rings is 1. The van der Waals surface area contributed by atoms with Crippen LogP contribution in [-0.2, 0) is 0 Å². The minimum Gasteiger partial charge on any atom is -0.393 e. The molecular formula is C14H16OS. The van der Waals surface area contributed by atoms with Crippen LogP contribution in [-0.4, -0.2) is 11.2 Å². The SMILES string of the molecule is OC1CCCC(c2cccc3ccsc23)C1. The van der Waals surface area contributed by atoms with Crippen molar-refractivity contribution in [3.05, 3.63) is 35.2 Å². The van der Waals surface area contributed by atoms with E-state index in [1.54, 1.807) is 0 Å². The fraction of sp³-hybridized carbons (Fsp3) is 0.429. The molecule has 2 heteroatoms. The molecule has 0 radical (unpaired) electrons. The van der Waals surface area contributed by atoms with E-state index in [1.807, 2.05) is 11.3 Å². The molecule has 2 atom stereocenters. The summed E-state index contributed by atoms with van der Waals surface area (Å²) in [6.45, 7) is 0. The van der Waals surface area contributed by atoms with E-state index in [4.69, 9.17) is 0 Å². The second-order valence-corrected chi connectivity index (χ2v) is 5.62. The highest BCUT2D eigenvalue weighted by Crippen LogP contribution is 2.38. The lowest BCUT2D eigenvalue weighted by atomic mass is 9.82. The minimum atomic E-state index is -0.0889. The Morgan fingerprint density at radius 2 is 2.12 bits per heavy atom. The van der Waals surface area contributed by atoms with Crippen LogP contribution in [0.25, 0.3) is 10.1 Å². The Bertz CT molecular complexity index is 488. The van der Waals surface area contributed by atoms with E-state index in [0.717, 1.165) is 19.3 Å². The summed E-state index contributed by atoms with van der Waals surface area (Å²) in [6.07, 6.45) is 4.23. The molecule has 1 saturated carbocycles. The van der Waals surface area contributed by atoms with Gasteiger partial charge in [0, 0.05) is 4.70 Å². The van der Waals surface area contributed by atoms with Gasteiger partial charge in [-0.15, -0.1) is 11.3 Å². The van der Waals surface area contributed by atoms with E-state index < -0.39 is 0 Å². The number of aliphatic hydroxyl groups is 1. The summed E-state index contributed by atoms with van der Waals surface area (Å²) in [4.78, 5) is 0. The molecule has 84 valence electrons. The van der Waals surface area contributed by atoms with E-state index in [2.05, 4.69) is 29.6 Å². The largest absolute Gasteiger partial charge is 0.393 e. The Labute approximate surface area is 99.7 Å². The van der Waals surface area contributed by atoms with Gasteiger partial charge in [-0.05, 0) is 47.6 Å². The van der Waals surface area contributed by atoms with Gasteiger partial charge in [0.15, 0.2) is 0 Å². The number of rotatable bonds is 1. The second kappa shape index (κ2) is 4.19. The molecule has 1 aromatic heterocycles. The molecule has 0 amide bonds. The molecule has 1 nitrogen and oxygen atoms in total. The van der Waals surface area contributed by atoms with Crippen molar-refractivity contribution in [1.29, 1.82) is 0 Å². The van der Waals surface area contributed by atoms with E-state index in [9.17, 15) is 5.11 Å². The van der Waals surface area contributed by atoms with Crippen LogP contribution in [0.5, 0.6) is 0 Å². The summed E-state index contributed by atoms with van der Waals surface area (Å²) >= 11 is 1.83. The molecule has 16 heavy (non-hydrogen) atoms. The molecule has 3 rings (SSSR count). The number of fused-ring (bicyclic) bond motifs is 1. The third-order valence-electron chi connectivity index (χ3n) is 3.60. The third-order valence-corrected chi connectivity index (χ3v) is 4.58. The van der Waals surface area contributed by atoms with Gasteiger partial charge in [0.2, 0.25) is 0 Å². The predicted octanol–water partition coefficient (Wildman–Crippen LogP) is 3.92. The monoisotopic (exact) mass is 232 g/mol. The molecule has 1 fully saturated rings. The molecule has 0 bridgehead atoms. The maximum Gasteiger partial charge on any atom is 0.0546 e. The molecule has 1 aromatic carbocycles. The number of hydrogen-bond donors (Lipinski definition) is 1. The van der Waals surface area contributed by atoms with Crippen LogP contribution >= 0.6 is 11.3 Å². The van der Waals surface area contributed by atoms with Crippen molar-refractivity contribution in [2.24, 2.45) is 0 Å². The summed E-state index contributed by atoms with van der Waals surface area (Å²) in [6, 6.07) is 8.74. The van der Waals surface area contributed by atoms with Gasteiger partial charge < -0.3 is 5.11 Å². The quantitative estimate of drug-likeness (QED) is 0.790. The van der Waals surface area contributed by atoms with Crippen molar-refractivity contribution in [3.8, 4) is 0 Å². The van der Waals surface area contributed by atoms with Crippen molar-refractivity contribution in [2.45, 2.75) is 37.7 Å². The van der Waals surface area contributed by atoms with Crippen molar-refractivity contribution in [1.82, 2.24) is 0 Å². The lowest BCUT2D eigenvalue weighted by Gasteiger charge is -2.26. The highest BCUT2D eigenvalue weighted by atomic mass is 32.1. The summed E-state index contributed by atoms with van der Waals surface area (Å²) in [5.74, 6) is 0.561. The van der Waals surface area contributed by atoms with E-state index in [-0.39, 0.29) is 6.10 Å². The Morgan fingerprint density at radius 3 is 3.00 bits per heavy atom. The van der Waals surface area contributed by atoms with Gasteiger partial charge in [0.1, 0.15) is 0 Å². The zero-order chi connectivity index (χ0) is 11.0. The van der Waals surface area contributed by atoms with Crippen molar-refractivity contribution in [2.75, 3.05) is 0 Å². The average Bonchev–Trinajstić information content (AvgIpc) is 2.76. The first-order valence-corrected chi connectivity index (χ1v) is 6.87. The number of aliphatic hydroxyl groups excluding tert-OH is 1. The lowest BCUT2D eigenvalue weighted by molar-refractivity contribution is 0.120. The molecule has 2 unspecified atom stereocenters. The van der Waals surface area contributed by atoms with Crippen LogP contribution in [0.15, 0.2) is 29.6 Å². The fourth-order valence-corrected chi connectivity index (χ4v) is 3.78. The van der Waals surface area contributed by atoms with Crippen LogP contribution in [0, 0.1) is 0 Å². The molecule has 0 saturated heterocycles. The molecular weight excluding hydrogens is 216 g/mol. The first-order chi connectivity index (χ1) is 7.84.